The lowest BCUT2D eigenvalue weighted by Gasteiger charge is -1.98. The summed E-state index contributed by atoms with van der Waals surface area (Å²) in [4.78, 5) is 1.04. The van der Waals surface area contributed by atoms with Gasteiger partial charge in [0.25, 0.3) is 0 Å². The molecule has 1 aromatic rings. The zero-order valence-corrected chi connectivity index (χ0v) is 8.96. The molecule has 0 bridgehead atoms. The number of halogens is 2. The molecule has 0 aliphatic carbocycles. The van der Waals surface area contributed by atoms with Crippen molar-refractivity contribution in [2.24, 2.45) is 5.14 Å². The molecule has 0 amide bonds. The Morgan fingerprint density at radius 1 is 1.30 bits per heavy atom. The van der Waals surface area contributed by atoms with E-state index in [2.05, 4.69) is 31.9 Å². The zero-order valence-electron chi connectivity index (χ0n) is 4.97. The number of nitrogens with two attached hydrogens (primary N) is 1. The highest BCUT2D eigenvalue weighted by Gasteiger charge is 1.97. The Morgan fingerprint density at radius 2 is 2.00 bits per heavy atom. The van der Waals surface area contributed by atoms with Gasteiger partial charge in [-0.2, -0.15) is 0 Å². The summed E-state index contributed by atoms with van der Waals surface area (Å²) in [7, 11) is 0. The molecule has 54 valence electrons. The van der Waals surface area contributed by atoms with E-state index >= 15 is 0 Å². The van der Waals surface area contributed by atoms with Gasteiger partial charge in [-0.25, -0.2) is 0 Å². The van der Waals surface area contributed by atoms with Gasteiger partial charge >= 0.3 is 0 Å². The Morgan fingerprint density at radius 3 is 2.50 bits per heavy atom. The van der Waals surface area contributed by atoms with E-state index in [-0.39, 0.29) is 0 Å². The summed E-state index contributed by atoms with van der Waals surface area (Å²) in [5, 5.41) is 5.39. The molecule has 1 rings (SSSR count). The van der Waals surface area contributed by atoms with E-state index in [0.29, 0.717) is 0 Å². The Bertz CT molecular complexity index is 239. The highest BCUT2D eigenvalue weighted by molar-refractivity contribution is 9.11. The maximum absolute atomic E-state index is 5.39. The largest absolute Gasteiger partial charge is 0.274 e. The molecule has 2 N–H and O–H groups in total. The molecule has 0 radical (unpaired) electrons. The molecule has 0 aromatic heterocycles. The Labute approximate surface area is 80.8 Å². The van der Waals surface area contributed by atoms with E-state index < -0.39 is 0 Å². The van der Waals surface area contributed by atoms with Crippen molar-refractivity contribution >= 4 is 43.8 Å². The normalized spacial score (nSPS) is 9.90. The fourth-order valence-electron chi connectivity index (χ4n) is 0.568. The Hall–Kier alpha value is 0.490. The molecule has 0 unspecified atom stereocenters. The van der Waals surface area contributed by atoms with Gasteiger partial charge in [-0.15, -0.1) is 0 Å². The van der Waals surface area contributed by atoms with Crippen molar-refractivity contribution < 1.29 is 0 Å². The first-order valence-corrected chi connectivity index (χ1v) is 5.02. The highest BCUT2D eigenvalue weighted by atomic mass is 79.9. The van der Waals surface area contributed by atoms with Crippen LogP contribution in [0, 0.1) is 0 Å². The summed E-state index contributed by atoms with van der Waals surface area (Å²) in [5.41, 5.74) is 0. The SMILES string of the molecule is NSc1cc(Br)ccc1Br. The second kappa shape index (κ2) is 3.76. The minimum absolute atomic E-state index is 1.03. The predicted molar refractivity (Wildman–Crippen MR) is 51.9 cm³/mol. The minimum atomic E-state index is 1.03. The molecule has 0 saturated carbocycles. The van der Waals surface area contributed by atoms with E-state index in [4.69, 9.17) is 5.14 Å². The lowest BCUT2D eigenvalue weighted by Crippen LogP contribution is -1.80. The van der Waals surface area contributed by atoms with Gasteiger partial charge < -0.3 is 0 Å². The maximum atomic E-state index is 5.39. The van der Waals surface area contributed by atoms with Gasteiger partial charge in [0.15, 0.2) is 0 Å². The molecule has 1 nitrogen and oxygen atoms in total. The molecule has 1 aromatic carbocycles. The summed E-state index contributed by atoms with van der Waals surface area (Å²) < 4.78 is 2.08. The first kappa shape index (κ1) is 8.59. The first-order chi connectivity index (χ1) is 4.74. The van der Waals surface area contributed by atoms with Crippen LogP contribution in [-0.2, 0) is 0 Å². The van der Waals surface area contributed by atoms with Crippen LogP contribution in [0.1, 0.15) is 0 Å². The molecule has 4 heteroatoms. The number of hydrogen-bond acceptors (Lipinski definition) is 2. The smallest absolute Gasteiger partial charge is 0.0379 e. The Balaban J connectivity index is 3.09. The van der Waals surface area contributed by atoms with Crippen molar-refractivity contribution in [1.29, 1.82) is 0 Å². The third kappa shape index (κ3) is 1.99. The summed E-state index contributed by atoms with van der Waals surface area (Å²) in [6.07, 6.45) is 0. The number of hydrogen-bond donors (Lipinski definition) is 1. The molecular formula is C6H5Br2NS. The lowest BCUT2D eigenvalue weighted by molar-refractivity contribution is 1.38. The molecule has 10 heavy (non-hydrogen) atoms. The quantitative estimate of drug-likeness (QED) is 0.801. The van der Waals surface area contributed by atoms with Crippen LogP contribution in [0.2, 0.25) is 0 Å². The highest BCUT2D eigenvalue weighted by Crippen LogP contribution is 2.26. The van der Waals surface area contributed by atoms with Crippen LogP contribution >= 0.6 is 43.8 Å². The first-order valence-electron chi connectivity index (χ1n) is 2.56. The van der Waals surface area contributed by atoms with E-state index in [9.17, 15) is 0 Å². The van der Waals surface area contributed by atoms with Crippen molar-refractivity contribution in [3.8, 4) is 0 Å². The molecule has 0 spiro atoms. The number of benzene rings is 1. The standard InChI is InChI=1S/C6H5Br2NS/c7-4-1-2-5(8)6(3-4)10-9/h1-3H,9H2. The molecule has 0 saturated heterocycles. The fraction of sp³-hybridized carbons (Fsp3) is 0. The molecule has 0 heterocycles. The van der Waals surface area contributed by atoms with Crippen LogP contribution < -0.4 is 5.14 Å². The van der Waals surface area contributed by atoms with Crippen molar-refractivity contribution in [2.45, 2.75) is 4.90 Å². The average molecular weight is 283 g/mol. The van der Waals surface area contributed by atoms with Gasteiger partial charge in [0, 0.05) is 13.8 Å². The molecular weight excluding hydrogens is 278 g/mol. The second-order valence-corrected chi connectivity index (χ2v) is 4.14. The van der Waals surface area contributed by atoms with Crippen molar-refractivity contribution in [3.63, 3.8) is 0 Å². The van der Waals surface area contributed by atoms with Crippen LogP contribution in [-0.4, -0.2) is 0 Å². The van der Waals surface area contributed by atoms with Crippen molar-refractivity contribution in [2.75, 3.05) is 0 Å². The maximum Gasteiger partial charge on any atom is 0.0379 e. The van der Waals surface area contributed by atoms with Gasteiger partial charge in [0.2, 0.25) is 0 Å². The molecule has 0 atom stereocenters. The van der Waals surface area contributed by atoms with E-state index in [1.165, 1.54) is 11.9 Å². The van der Waals surface area contributed by atoms with Crippen LogP contribution in [0.25, 0.3) is 0 Å². The summed E-state index contributed by atoms with van der Waals surface area (Å²) in [5.74, 6) is 0. The van der Waals surface area contributed by atoms with Gasteiger partial charge in [-0.1, -0.05) is 15.9 Å². The van der Waals surface area contributed by atoms with Crippen LogP contribution in [0.4, 0.5) is 0 Å². The van der Waals surface area contributed by atoms with E-state index in [0.717, 1.165) is 13.8 Å². The van der Waals surface area contributed by atoms with E-state index in [1.807, 2.05) is 18.2 Å². The summed E-state index contributed by atoms with van der Waals surface area (Å²) in [6.45, 7) is 0. The third-order valence-corrected chi connectivity index (χ3v) is 3.06. The monoisotopic (exact) mass is 281 g/mol. The van der Waals surface area contributed by atoms with Crippen LogP contribution in [0.15, 0.2) is 32.0 Å². The summed E-state index contributed by atoms with van der Waals surface area (Å²) in [6, 6.07) is 5.89. The third-order valence-electron chi connectivity index (χ3n) is 1.02. The number of rotatable bonds is 1. The molecule has 0 aliphatic rings. The minimum Gasteiger partial charge on any atom is -0.274 e. The molecule has 0 fully saturated rings. The van der Waals surface area contributed by atoms with Crippen molar-refractivity contribution in [1.82, 2.24) is 0 Å². The summed E-state index contributed by atoms with van der Waals surface area (Å²) >= 11 is 7.95. The van der Waals surface area contributed by atoms with Crippen LogP contribution in [0.3, 0.4) is 0 Å². The van der Waals surface area contributed by atoms with Gasteiger partial charge in [0.05, 0.1) is 0 Å². The lowest BCUT2D eigenvalue weighted by atomic mass is 10.4. The zero-order chi connectivity index (χ0) is 7.56. The van der Waals surface area contributed by atoms with Crippen LogP contribution in [0.5, 0.6) is 0 Å². The average Bonchev–Trinajstić information content (AvgIpc) is 1.94. The molecule has 0 aliphatic heterocycles. The fourth-order valence-corrected chi connectivity index (χ4v) is 1.98. The second-order valence-electron chi connectivity index (χ2n) is 1.69. The van der Waals surface area contributed by atoms with Gasteiger partial charge in [0.1, 0.15) is 0 Å². The van der Waals surface area contributed by atoms with Crippen molar-refractivity contribution in [3.05, 3.63) is 27.1 Å². The predicted octanol–water partition coefficient (Wildman–Crippen LogP) is 3.18. The van der Waals surface area contributed by atoms with Gasteiger partial charge in [-0.3, -0.25) is 5.14 Å². The van der Waals surface area contributed by atoms with E-state index in [1.54, 1.807) is 0 Å². The topological polar surface area (TPSA) is 26.0 Å². The Kier molecular flexibility index (Phi) is 3.23. The van der Waals surface area contributed by atoms with Gasteiger partial charge in [-0.05, 0) is 46.1 Å².